The number of H-pyrrole nitrogens is 1. The Morgan fingerprint density at radius 1 is 1.26 bits per heavy atom. The Labute approximate surface area is 159 Å². The van der Waals surface area contributed by atoms with Crippen LogP contribution in [0.3, 0.4) is 0 Å². The SMILES string of the molecule is COC(=O)c1c(C)[nH]c(C(=O)COc2ncnc3sc4c(c23)CCC4)c1C. The predicted octanol–water partition coefficient (Wildman–Crippen LogP) is 3.17. The lowest BCUT2D eigenvalue weighted by Gasteiger charge is -2.06. The van der Waals surface area contributed by atoms with E-state index in [-0.39, 0.29) is 12.4 Å². The highest BCUT2D eigenvalue weighted by Gasteiger charge is 2.25. The third-order valence-electron chi connectivity index (χ3n) is 4.91. The van der Waals surface area contributed by atoms with E-state index in [4.69, 9.17) is 9.47 Å². The van der Waals surface area contributed by atoms with Gasteiger partial charge in [-0.25, -0.2) is 14.8 Å². The number of hydrogen-bond donors (Lipinski definition) is 1. The Morgan fingerprint density at radius 2 is 2.07 bits per heavy atom. The van der Waals surface area contributed by atoms with Crippen LogP contribution >= 0.6 is 11.3 Å². The fourth-order valence-corrected chi connectivity index (χ4v) is 4.87. The number of ketones is 1. The average molecular weight is 385 g/mol. The van der Waals surface area contributed by atoms with E-state index in [1.807, 2.05) is 0 Å². The van der Waals surface area contributed by atoms with Crippen molar-refractivity contribution in [1.82, 2.24) is 15.0 Å². The molecule has 7 nitrogen and oxygen atoms in total. The van der Waals surface area contributed by atoms with Crippen LogP contribution < -0.4 is 4.74 Å². The number of methoxy groups -OCH3 is 1. The number of aromatic nitrogens is 3. The van der Waals surface area contributed by atoms with Crippen LogP contribution in [-0.4, -0.2) is 40.4 Å². The number of thiophene rings is 1. The fourth-order valence-electron chi connectivity index (χ4n) is 3.65. The molecular formula is C19H19N3O4S. The molecular weight excluding hydrogens is 366 g/mol. The second kappa shape index (κ2) is 6.77. The van der Waals surface area contributed by atoms with Crippen LogP contribution in [0.5, 0.6) is 5.88 Å². The first kappa shape index (κ1) is 17.7. The second-order valence-electron chi connectivity index (χ2n) is 6.54. The lowest BCUT2D eigenvalue weighted by molar-refractivity contribution is 0.0599. The van der Waals surface area contributed by atoms with Gasteiger partial charge in [-0.1, -0.05) is 0 Å². The Bertz CT molecular complexity index is 1070. The summed E-state index contributed by atoms with van der Waals surface area (Å²) in [5, 5.41) is 0.928. The van der Waals surface area contributed by atoms with E-state index in [0.29, 0.717) is 28.4 Å². The maximum Gasteiger partial charge on any atom is 0.339 e. The van der Waals surface area contributed by atoms with E-state index < -0.39 is 5.97 Å². The van der Waals surface area contributed by atoms with E-state index in [2.05, 4.69) is 15.0 Å². The van der Waals surface area contributed by atoms with Crippen molar-refractivity contribution in [3.8, 4) is 5.88 Å². The quantitative estimate of drug-likeness (QED) is 0.535. The number of carbonyl (C=O) groups is 2. The molecule has 1 aliphatic carbocycles. The zero-order chi connectivity index (χ0) is 19.1. The maximum atomic E-state index is 12.7. The Hall–Kier alpha value is -2.74. The lowest BCUT2D eigenvalue weighted by atomic mass is 10.1. The number of aryl methyl sites for hydroxylation is 3. The first-order valence-corrected chi connectivity index (χ1v) is 9.51. The van der Waals surface area contributed by atoms with E-state index in [1.54, 1.807) is 25.2 Å². The first-order valence-electron chi connectivity index (χ1n) is 8.70. The summed E-state index contributed by atoms with van der Waals surface area (Å²) in [5.74, 6) is -0.265. The summed E-state index contributed by atoms with van der Waals surface area (Å²) in [6.45, 7) is 3.29. The van der Waals surface area contributed by atoms with Gasteiger partial charge >= 0.3 is 5.97 Å². The van der Waals surface area contributed by atoms with Crippen LogP contribution in [0.2, 0.25) is 0 Å². The van der Waals surface area contributed by atoms with E-state index in [1.165, 1.54) is 23.9 Å². The molecule has 0 unspecified atom stereocenters. The molecule has 1 aliphatic rings. The van der Waals surface area contributed by atoms with Crippen molar-refractivity contribution in [2.75, 3.05) is 13.7 Å². The summed E-state index contributed by atoms with van der Waals surface area (Å²) in [6, 6.07) is 0. The van der Waals surface area contributed by atoms with Crippen molar-refractivity contribution in [3.63, 3.8) is 0 Å². The number of rotatable bonds is 5. The summed E-state index contributed by atoms with van der Waals surface area (Å²) in [4.78, 5) is 38.4. The monoisotopic (exact) mass is 385 g/mol. The third-order valence-corrected chi connectivity index (χ3v) is 6.11. The molecule has 0 fully saturated rings. The highest BCUT2D eigenvalue weighted by atomic mass is 32.1. The van der Waals surface area contributed by atoms with E-state index in [9.17, 15) is 9.59 Å². The third kappa shape index (κ3) is 2.90. The number of aromatic amines is 1. The second-order valence-corrected chi connectivity index (χ2v) is 7.63. The number of hydrogen-bond acceptors (Lipinski definition) is 7. The van der Waals surface area contributed by atoms with Crippen molar-refractivity contribution >= 4 is 33.3 Å². The summed E-state index contributed by atoms with van der Waals surface area (Å²) >= 11 is 1.67. The highest BCUT2D eigenvalue weighted by molar-refractivity contribution is 7.18. The maximum absolute atomic E-state index is 12.7. The molecule has 8 heteroatoms. The topological polar surface area (TPSA) is 94.2 Å². The van der Waals surface area contributed by atoms with E-state index in [0.717, 1.165) is 29.5 Å². The van der Waals surface area contributed by atoms with Crippen LogP contribution in [0.4, 0.5) is 0 Å². The molecule has 0 bridgehead atoms. The van der Waals surface area contributed by atoms with Gasteiger partial charge in [-0.3, -0.25) is 4.79 Å². The zero-order valence-corrected chi connectivity index (χ0v) is 16.2. The minimum atomic E-state index is -0.465. The number of nitrogens with one attached hydrogen (secondary N) is 1. The number of carbonyl (C=O) groups excluding carboxylic acids is 2. The summed E-state index contributed by atoms with van der Waals surface area (Å²) in [7, 11) is 1.32. The van der Waals surface area contributed by atoms with Gasteiger partial charge in [0.05, 0.1) is 23.8 Å². The molecule has 140 valence electrons. The van der Waals surface area contributed by atoms with Gasteiger partial charge in [0.1, 0.15) is 11.2 Å². The normalized spacial score (nSPS) is 13.0. The molecule has 0 amide bonds. The van der Waals surface area contributed by atoms with Gasteiger partial charge < -0.3 is 14.5 Å². The van der Waals surface area contributed by atoms with Crippen LogP contribution in [0.1, 0.15) is 49.0 Å². The molecule has 0 aliphatic heterocycles. The molecule has 3 heterocycles. The summed E-state index contributed by atoms with van der Waals surface area (Å²) < 4.78 is 10.6. The van der Waals surface area contributed by atoms with Gasteiger partial charge in [0.15, 0.2) is 6.61 Å². The number of esters is 1. The minimum absolute atomic E-state index is 0.169. The van der Waals surface area contributed by atoms with E-state index >= 15 is 0 Å². The molecule has 0 spiro atoms. The molecule has 3 aromatic heterocycles. The van der Waals surface area contributed by atoms with Crippen molar-refractivity contribution in [3.05, 3.63) is 39.3 Å². The van der Waals surface area contributed by atoms with Crippen LogP contribution in [0, 0.1) is 13.8 Å². The minimum Gasteiger partial charge on any atom is -0.469 e. The lowest BCUT2D eigenvalue weighted by Crippen LogP contribution is -2.14. The van der Waals surface area contributed by atoms with Gasteiger partial charge in [0.25, 0.3) is 0 Å². The number of ether oxygens (including phenoxy) is 2. The van der Waals surface area contributed by atoms with Gasteiger partial charge in [-0.05, 0) is 44.2 Å². The van der Waals surface area contributed by atoms with Crippen molar-refractivity contribution in [2.24, 2.45) is 0 Å². The fraction of sp³-hybridized carbons (Fsp3) is 0.368. The van der Waals surface area contributed by atoms with Gasteiger partial charge in [-0.15, -0.1) is 11.3 Å². The molecule has 3 aromatic rings. The summed E-state index contributed by atoms with van der Waals surface area (Å²) in [5.41, 5.74) is 3.16. The molecule has 27 heavy (non-hydrogen) atoms. The van der Waals surface area contributed by atoms with Gasteiger partial charge in [-0.2, -0.15) is 0 Å². The molecule has 1 N–H and O–H groups in total. The molecule has 0 saturated carbocycles. The average Bonchev–Trinajstić information content (AvgIpc) is 3.32. The number of fused-ring (bicyclic) bond motifs is 3. The van der Waals surface area contributed by atoms with Gasteiger partial charge in [0.2, 0.25) is 11.7 Å². The number of Topliss-reactive ketones (excluding diaryl/α,β-unsaturated/α-hetero) is 1. The first-order chi connectivity index (χ1) is 13.0. The van der Waals surface area contributed by atoms with Crippen LogP contribution in [-0.2, 0) is 17.6 Å². The molecule has 4 rings (SSSR count). The largest absolute Gasteiger partial charge is 0.469 e. The Balaban J connectivity index is 1.59. The Morgan fingerprint density at radius 3 is 2.85 bits per heavy atom. The van der Waals surface area contributed by atoms with Crippen molar-refractivity contribution < 1.29 is 19.1 Å². The van der Waals surface area contributed by atoms with Crippen LogP contribution in [0.25, 0.3) is 10.2 Å². The molecule has 0 atom stereocenters. The summed E-state index contributed by atoms with van der Waals surface area (Å²) in [6.07, 6.45) is 4.64. The molecule has 0 radical (unpaired) electrons. The predicted molar refractivity (Wildman–Crippen MR) is 101 cm³/mol. The molecule has 0 aromatic carbocycles. The van der Waals surface area contributed by atoms with Crippen LogP contribution in [0.15, 0.2) is 6.33 Å². The number of nitrogens with zero attached hydrogens (tertiary/aromatic N) is 2. The highest BCUT2D eigenvalue weighted by Crippen LogP contribution is 2.39. The Kier molecular flexibility index (Phi) is 4.43. The van der Waals surface area contributed by atoms with Crippen molar-refractivity contribution in [2.45, 2.75) is 33.1 Å². The standard InChI is InChI=1S/C19H19N3O4S/c1-9-14(19(24)25-3)10(2)22-16(9)12(23)7-26-17-15-11-5-4-6-13(11)27-18(15)21-8-20-17/h8,22H,4-7H2,1-3H3. The smallest absolute Gasteiger partial charge is 0.339 e. The van der Waals surface area contributed by atoms with Gasteiger partial charge in [0, 0.05) is 10.6 Å². The zero-order valence-electron chi connectivity index (χ0n) is 15.3. The van der Waals surface area contributed by atoms with Crippen molar-refractivity contribution in [1.29, 1.82) is 0 Å². The molecule has 0 saturated heterocycles.